The van der Waals surface area contributed by atoms with Gasteiger partial charge < -0.3 is 5.41 Å². The molecule has 186 valence electrons. The zero-order chi connectivity index (χ0) is 26.3. The summed E-state index contributed by atoms with van der Waals surface area (Å²) in [6, 6.07) is 41.2. The molecule has 0 atom stereocenters. The second kappa shape index (κ2) is 9.23. The molecule has 2 aromatic heterocycles. The Balaban J connectivity index is 1.49. The molecular weight excluding hydrogens is 478 g/mol. The summed E-state index contributed by atoms with van der Waals surface area (Å²) in [6.45, 7) is 2.11. The van der Waals surface area contributed by atoms with Gasteiger partial charge in [0.25, 0.3) is 0 Å². The zero-order valence-corrected chi connectivity index (χ0v) is 21.4. The standard InChI is InChI=1S/C34H25N5/c1-23-20-28(34-37-30-17-9-11-19-32(30)39(34)26-14-6-3-7-15-26)24(22-35)21-27(23)33-36-29-16-8-10-18-31(29)38(33)25-12-4-2-5-13-25/h2-22,35H,1H3. The van der Waals surface area contributed by atoms with E-state index in [9.17, 15) is 0 Å². The van der Waals surface area contributed by atoms with Crippen LogP contribution in [0.3, 0.4) is 0 Å². The summed E-state index contributed by atoms with van der Waals surface area (Å²) in [5, 5.41) is 8.41. The van der Waals surface area contributed by atoms with Gasteiger partial charge in [0.15, 0.2) is 0 Å². The fourth-order valence-electron chi connectivity index (χ4n) is 5.37. The van der Waals surface area contributed by atoms with Crippen LogP contribution < -0.4 is 0 Å². The van der Waals surface area contributed by atoms with E-state index in [0.29, 0.717) is 0 Å². The third-order valence-corrected chi connectivity index (χ3v) is 7.18. The molecule has 7 aromatic rings. The molecule has 39 heavy (non-hydrogen) atoms. The molecule has 0 saturated heterocycles. The third-order valence-electron chi connectivity index (χ3n) is 7.18. The quantitative estimate of drug-likeness (QED) is 0.242. The first-order chi connectivity index (χ1) is 19.2. The van der Waals surface area contributed by atoms with Crippen molar-refractivity contribution in [2.24, 2.45) is 0 Å². The van der Waals surface area contributed by atoms with Crippen LogP contribution in [-0.4, -0.2) is 25.3 Å². The van der Waals surface area contributed by atoms with Gasteiger partial charge in [-0.3, -0.25) is 9.13 Å². The van der Waals surface area contributed by atoms with Crippen molar-refractivity contribution in [3.05, 3.63) is 132 Å². The number of aromatic nitrogens is 4. The fourth-order valence-corrected chi connectivity index (χ4v) is 5.37. The van der Waals surface area contributed by atoms with Crippen LogP contribution in [0.25, 0.3) is 56.2 Å². The fraction of sp³-hybridized carbons (Fsp3) is 0.0294. The van der Waals surface area contributed by atoms with Crippen LogP contribution in [0.1, 0.15) is 11.1 Å². The Kier molecular flexibility index (Phi) is 5.41. The monoisotopic (exact) mass is 503 g/mol. The minimum Gasteiger partial charge on any atom is -0.308 e. The number of hydrogen-bond donors (Lipinski definition) is 1. The summed E-state index contributed by atoms with van der Waals surface area (Å²) in [5.74, 6) is 1.67. The first-order valence-corrected chi connectivity index (χ1v) is 12.9. The third kappa shape index (κ3) is 3.75. The Morgan fingerprint density at radius 3 is 1.54 bits per heavy atom. The average Bonchev–Trinajstić information content (AvgIpc) is 3.57. The lowest BCUT2D eigenvalue weighted by atomic mass is 9.98. The number of para-hydroxylation sites is 6. The second-order valence-corrected chi connectivity index (χ2v) is 9.59. The molecule has 5 aromatic carbocycles. The number of nitrogens with one attached hydrogen (secondary N) is 1. The Hall–Kier alpha value is -5.29. The molecule has 2 heterocycles. The van der Waals surface area contributed by atoms with Crippen molar-refractivity contribution < 1.29 is 0 Å². The van der Waals surface area contributed by atoms with Crippen LogP contribution in [0.5, 0.6) is 0 Å². The van der Waals surface area contributed by atoms with Gasteiger partial charge in [0.05, 0.1) is 22.1 Å². The molecule has 0 aliphatic heterocycles. The van der Waals surface area contributed by atoms with Gasteiger partial charge in [-0.2, -0.15) is 0 Å². The van der Waals surface area contributed by atoms with Crippen molar-refractivity contribution in [1.82, 2.24) is 19.1 Å². The predicted molar refractivity (Wildman–Crippen MR) is 159 cm³/mol. The highest BCUT2D eigenvalue weighted by molar-refractivity contribution is 5.94. The molecule has 0 spiro atoms. The van der Waals surface area contributed by atoms with Gasteiger partial charge in [-0.05, 0) is 73.2 Å². The molecule has 0 bridgehead atoms. The first-order valence-electron chi connectivity index (χ1n) is 12.9. The Morgan fingerprint density at radius 2 is 1.03 bits per heavy atom. The number of hydrogen-bond acceptors (Lipinski definition) is 3. The van der Waals surface area contributed by atoms with E-state index in [-0.39, 0.29) is 0 Å². The van der Waals surface area contributed by atoms with Gasteiger partial charge in [-0.1, -0.05) is 60.7 Å². The lowest BCUT2D eigenvalue weighted by Crippen LogP contribution is -2.03. The van der Waals surface area contributed by atoms with E-state index in [4.69, 9.17) is 15.4 Å². The van der Waals surface area contributed by atoms with Gasteiger partial charge >= 0.3 is 0 Å². The molecule has 0 amide bonds. The Labute approximate surface area is 226 Å². The SMILES string of the molecule is Cc1cc(-c2nc3ccccc3n2-c2ccccc2)c(C=N)cc1-c1nc2ccccc2n1-c1ccccc1. The lowest BCUT2D eigenvalue weighted by Gasteiger charge is -2.16. The van der Waals surface area contributed by atoms with E-state index in [0.717, 1.165) is 67.3 Å². The highest BCUT2D eigenvalue weighted by atomic mass is 15.1. The van der Waals surface area contributed by atoms with Gasteiger partial charge in [-0.25, -0.2) is 9.97 Å². The van der Waals surface area contributed by atoms with Crippen molar-refractivity contribution in [1.29, 1.82) is 5.41 Å². The van der Waals surface area contributed by atoms with Crippen LogP contribution in [0.2, 0.25) is 0 Å². The van der Waals surface area contributed by atoms with Crippen molar-refractivity contribution in [2.45, 2.75) is 6.92 Å². The molecule has 1 N–H and O–H groups in total. The van der Waals surface area contributed by atoms with Crippen molar-refractivity contribution in [2.75, 3.05) is 0 Å². The summed E-state index contributed by atoms with van der Waals surface area (Å²) >= 11 is 0. The molecule has 5 nitrogen and oxygen atoms in total. The van der Waals surface area contributed by atoms with Crippen LogP contribution in [0.4, 0.5) is 0 Å². The zero-order valence-electron chi connectivity index (χ0n) is 21.4. The molecule has 0 saturated carbocycles. The Bertz CT molecular complexity index is 1980. The van der Waals surface area contributed by atoms with Crippen LogP contribution in [0.15, 0.2) is 121 Å². The normalized spacial score (nSPS) is 11.3. The molecule has 0 fully saturated rings. The summed E-state index contributed by atoms with van der Waals surface area (Å²) in [4.78, 5) is 10.1. The van der Waals surface area contributed by atoms with E-state index in [1.807, 2.05) is 72.8 Å². The summed E-state index contributed by atoms with van der Waals surface area (Å²) in [6.07, 6.45) is 1.42. The van der Waals surface area contributed by atoms with Crippen LogP contribution >= 0.6 is 0 Å². The van der Waals surface area contributed by atoms with Crippen molar-refractivity contribution in [3.63, 3.8) is 0 Å². The smallest absolute Gasteiger partial charge is 0.146 e. The minimum absolute atomic E-state index is 0.787. The minimum atomic E-state index is 0.787. The summed E-state index contributed by atoms with van der Waals surface area (Å²) < 4.78 is 4.38. The molecule has 0 radical (unpaired) electrons. The molecule has 0 unspecified atom stereocenters. The number of fused-ring (bicyclic) bond motifs is 2. The number of imidazole rings is 2. The number of nitrogens with zero attached hydrogens (tertiary/aromatic N) is 4. The maximum atomic E-state index is 8.41. The number of aryl methyl sites for hydroxylation is 1. The van der Waals surface area contributed by atoms with E-state index < -0.39 is 0 Å². The highest BCUT2D eigenvalue weighted by Gasteiger charge is 2.21. The molecule has 0 aliphatic rings. The highest BCUT2D eigenvalue weighted by Crippen LogP contribution is 2.36. The lowest BCUT2D eigenvalue weighted by molar-refractivity contribution is 1.09. The van der Waals surface area contributed by atoms with E-state index >= 15 is 0 Å². The van der Waals surface area contributed by atoms with Crippen molar-refractivity contribution in [3.8, 4) is 34.2 Å². The largest absolute Gasteiger partial charge is 0.308 e. The molecule has 0 aliphatic carbocycles. The molecule has 7 rings (SSSR count). The average molecular weight is 504 g/mol. The van der Waals surface area contributed by atoms with Gasteiger partial charge in [0.2, 0.25) is 0 Å². The van der Waals surface area contributed by atoms with Gasteiger partial charge in [0.1, 0.15) is 11.6 Å². The molecular formula is C34H25N5. The predicted octanol–water partition coefficient (Wildman–Crippen LogP) is 8.00. The van der Waals surface area contributed by atoms with Gasteiger partial charge in [-0.15, -0.1) is 0 Å². The maximum absolute atomic E-state index is 8.41. The van der Waals surface area contributed by atoms with Crippen molar-refractivity contribution >= 4 is 28.3 Å². The van der Waals surface area contributed by atoms with Gasteiger partial charge in [0, 0.05) is 34.3 Å². The maximum Gasteiger partial charge on any atom is 0.146 e. The van der Waals surface area contributed by atoms with Crippen LogP contribution in [0, 0.1) is 12.3 Å². The topological polar surface area (TPSA) is 59.5 Å². The molecule has 5 heteroatoms. The number of rotatable bonds is 5. The van der Waals surface area contributed by atoms with E-state index in [1.54, 1.807) is 0 Å². The summed E-state index contributed by atoms with van der Waals surface area (Å²) in [5.41, 5.74) is 9.75. The number of benzene rings is 5. The first kappa shape index (κ1) is 22.9. The van der Waals surface area contributed by atoms with Crippen LogP contribution in [-0.2, 0) is 0 Å². The second-order valence-electron chi connectivity index (χ2n) is 9.59. The summed E-state index contributed by atoms with van der Waals surface area (Å²) in [7, 11) is 0. The Morgan fingerprint density at radius 1 is 0.564 bits per heavy atom. The van der Waals surface area contributed by atoms with E-state index in [2.05, 4.69) is 64.6 Å². The van der Waals surface area contributed by atoms with E-state index in [1.165, 1.54) is 6.21 Å².